The lowest BCUT2D eigenvalue weighted by Gasteiger charge is -2.28. The number of phosphoric acid groups is 1. The number of hydrogen-bond acceptors (Lipinski definition) is 9. The van der Waals surface area contributed by atoms with Crippen LogP contribution < -0.4 is 4.89 Å². The molecule has 0 aliphatic heterocycles. The van der Waals surface area contributed by atoms with Crippen LogP contribution in [0, 0.1) is 0 Å². The van der Waals surface area contributed by atoms with Crippen LogP contribution in [0.2, 0.25) is 0 Å². The first-order valence-corrected chi connectivity index (χ1v) is 23.0. The summed E-state index contributed by atoms with van der Waals surface area (Å²) < 4.78 is 33.5. The summed E-state index contributed by atoms with van der Waals surface area (Å²) in [6.45, 7) is 3.70. The fourth-order valence-electron chi connectivity index (χ4n) is 4.88. The SMILES string of the molecule is CC/C=C\C/C=C\C/C=C\C/C=C\C/C=C\CCCC(=O)OC[C@H](COP(=O)([O-])OCC[N+](C)(C)C)OC(=O)CCCC(=O)/C=C/C=C\C/C=C\C/C=C\CCCCC. The van der Waals surface area contributed by atoms with Crippen molar-refractivity contribution in [3.05, 3.63) is 109 Å². The molecular weight excluding hydrogens is 765 g/mol. The predicted octanol–water partition coefficient (Wildman–Crippen LogP) is 10.9. The monoisotopic (exact) mass is 842 g/mol. The van der Waals surface area contributed by atoms with Gasteiger partial charge in [-0.3, -0.25) is 18.9 Å². The van der Waals surface area contributed by atoms with Crippen molar-refractivity contribution in [2.75, 3.05) is 47.5 Å². The minimum absolute atomic E-state index is 0.0833. The van der Waals surface area contributed by atoms with E-state index in [0.29, 0.717) is 23.9 Å². The van der Waals surface area contributed by atoms with E-state index in [1.54, 1.807) is 6.08 Å². The number of carbonyl (C=O) groups excluding carboxylic acids is 3. The summed E-state index contributed by atoms with van der Waals surface area (Å²) in [4.78, 5) is 49.8. The van der Waals surface area contributed by atoms with E-state index in [9.17, 15) is 23.8 Å². The first-order chi connectivity index (χ1) is 28.4. The van der Waals surface area contributed by atoms with Gasteiger partial charge in [-0.25, -0.2) is 0 Å². The lowest BCUT2D eigenvalue weighted by Crippen LogP contribution is -2.37. The number of nitrogens with zero attached hydrogens (tertiary/aromatic N) is 1. The molecule has 0 saturated carbocycles. The molecule has 0 heterocycles. The molecule has 0 bridgehead atoms. The van der Waals surface area contributed by atoms with Gasteiger partial charge in [-0.05, 0) is 83.1 Å². The van der Waals surface area contributed by atoms with Gasteiger partial charge in [0.25, 0.3) is 7.82 Å². The fraction of sp³-hybridized carbons (Fsp3) is 0.562. The van der Waals surface area contributed by atoms with Gasteiger partial charge in [0.15, 0.2) is 11.9 Å². The zero-order valence-electron chi connectivity index (χ0n) is 36.9. The number of ether oxygens (including phenoxy) is 2. The molecule has 332 valence electrons. The first kappa shape index (κ1) is 55.3. The second kappa shape index (κ2) is 38.5. The lowest BCUT2D eigenvalue weighted by molar-refractivity contribution is -0.870. The van der Waals surface area contributed by atoms with E-state index < -0.39 is 32.5 Å². The number of unbranched alkanes of at least 4 members (excludes halogenated alkanes) is 4. The Balaban J connectivity index is 4.70. The van der Waals surface area contributed by atoms with E-state index in [4.69, 9.17) is 18.5 Å². The van der Waals surface area contributed by atoms with Crippen molar-refractivity contribution in [3.63, 3.8) is 0 Å². The Kier molecular flexibility index (Phi) is 36.1. The maximum atomic E-state index is 12.6. The van der Waals surface area contributed by atoms with Crippen LogP contribution in [-0.4, -0.2) is 75.8 Å². The zero-order chi connectivity index (χ0) is 43.7. The molecule has 59 heavy (non-hydrogen) atoms. The predicted molar refractivity (Wildman–Crippen MR) is 240 cm³/mol. The summed E-state index contributed by atoms with van der Waals surface area (Å²) >= 11 is 0. The topological polar surface area (TPSA) is 128 Å². The molecular formula is C48H76NO9P. The number of likely N-dealkylation sites (N-methyl/N-ethyl adjacent to an activating group) is 1. The molecule has 0 aromatic carbocycles. The average Bonchev–Trinajstić information content (AvgIpc) is 3.18. The van der Waals surface area contributed by atoms with E-state index in [1.807, 2.05) is 45.4 Å². The smallest absolute Gasteiger partial charge is 0.306 e. The first-order valence-electron chi connectivity index (χ1n) is 21.5. The molecule has 0 aromatic heterocycles. The molecule has 0 N–H and O–H groups in total. The molecule has 1 unspecified atom stereocenters. The van der Waals surface area contributed by atoms with Crippen LogP contribution in [0.25, 0.3) is 0 Å². The Morgan fingerprint density at radius 2 is 1.12 bits per heavy atom. The molecule has 0 radical (unpaired) electrons. The molecule has 2 atom stereocenters. The normalized spacial score (nSPS) is 14.5. The molecule has 11 heteroatoms. The van der Waals surface area contributed by atoms with Crippen LogP contribution in [0.4, 0.5) is 0 Å². The van der Waals surface area contributed by atoms with Gasteiger partial charge in [0.2, 0.25) is 0 Å². The summed E-state index contributed by atoms with van der Waals surface area (Å²) in [6, 6.07) is 0. The number of rotatable bonds is 37. The summed E-state index contributed by atoms with van der Waals surface area (Å²) in [6.07, 6.45) is 48.5. The number of allylic oxidation sites excluding steroid dienone is 18. The standard InChI is InChI=1S/C48H76NO9P/c1-6-8-10-12-14-16-18-20-21-22-23-25-27-29-31-33-35-39-47(51)55-43-46(44-57-59(53,54)56-42-41-49(3,4)5)58-48(52)40-36-38-45(50)37-34-32-30-28-26-24-19-17-15-13-11-9-7-2/h8,10,14-17,20-21,23-26,29-32,34,37,46H,6-7,9,11-13,18-19,22,27-28,33,35-36,38-44H2,1-5H3/b10-8-,16-14-,17-15-,21-20-,25-23-,26-24-,31-29-,32-30-,37-34+/t46-/m1/s1. The van der Waals surface area contributed by atoms with E-state index in [0.717, 1.165) is 51.4 Å². The van der Waals surface area contributed by atoms with Gasteiger partial charge < -0.3 is 27.9 Å². The van der Waals surface area contributed by atoms with E-state index in [1.165, 1.54) is 25.3 Å². The Morgan fingerprint density at radius 3 is 1.68 bits per heavy atom. The average molecular weight is 842 g/mol. The molecule has 0 aliphatic rings. The van der Waals surface area contributed by atoms with Crippen LogP contribution >= 0.6 is 7.82 Å². The maximum Gasteiger partial charge on any atom is 0.306 e. The Morgan fingerprint density at radius 1 is 0.593 bits per heavy atom. The van der Waals surface area contributed by atoms with Gasteiger partial charge in [-0.2, -0.15) is 0 Å². The minimum Gasteiger partial charge on any atom is -0.756 e. The highest BCUT2D eigenvalue weighted by Gasteiger charge is 2.21. The van der Waals surface area contributed by atoms with Gasteiger partial charge in [-0.1, -0.05) is 130 Å². The highest BCUT2D eigenvalue weighted by atomic mass is 31.2. The summed E-state index contributed by atoms with van der Waals surface area (Å²) in [5.74, 6) is -1.31. The quantitative estimate of drug-likeness (QED) is 0.0114. The molecule has 0 amide bonds. The molecule has 0 spiro atoms. The third kappa shape index (κ3) is 42.3. The van der Waals surface area contributed by atoms with Crippen LogP contribution in [0.3, 0.4) is 0 Å². The van der Waals surface area contributed by atoms with E-state index in [2.05, 4.69) is 86.8 Å². The second-order valence-corrected chi connectivity index (χ2v) is 16.4. The molecule has 0 fully saturated rings. The molecule has 0 saturated heterocycles. The third-order valence-electron chi connectivity index (χ3n) is 8.25. The third-order valence-corrected chi connectivity index (χ3v) is 9.22. The minimum atomic E-state index is -4.71. The van der Waals surface area contributed by atoms with Crippen molar-refractivity contribution in [1.82, 2.24) is 0 Å². The number of hydrogen-bond donors (Lipinski definition) is 0. The zero-order valence-corrected chi connectivity index (χ0v) is 37.8. The van der Waals surface area contributed by atoms with E-state index >= 15 is 0 Å². The Hall–Kier alpha value is -3.66. The van der Waals surface area contributed by atoms with Crippen LogP contribution in [-0.2, 0) is 37.5 Å². The molecule has 10 nitrogen and oxygen atoms in total. The number of quaternary nitrogens is 1. The molecule has 0 rings (SSSR count). The number of ketones is 1. The maximum absolute atomic E-state index is 12.6. The van der Waals surface area contributed by atoms with Gasteiger partial charge in [-0.15, -0.1) is 0 Å². The Labute approximate surface area is 357 Å². The van der Waals surface area contributed by atoms with Gasteiger partial charge in [0.1, 0.15) is 19.8 Å². The fourth-order valence-corrected chi connectivity index (χ4v) is 5.60. The summed E-state index contributed by atoms with van der Waals surface area (Å²) in [5, 5.41) is 0. The van der Waals surface area contributed by atoms with Gasteiger partial charge in [0.05, 0.1) is 27.7 Å². The lowest BCUT2D eigenvalue weighted by atomic mass is 10.1. The van der Waals surface area contributed by atoms with Crippen LogP contribution in [0.1, 0.15) is 123 Å². The second-order valence-electron chi connectivity index (χ2n) is 15.0. The van der Waals surface area contributed by atoms with Gasteiger partial charge >= 0.3 is 11.9 Å². The van der Waals surface area contributed by atoms with Crippen LogP contribution in [0.5, 0.6) is 0 Å². The number of esters is 2. The molecule has 0 aromatic rings. The van der Waals surface area contributed by atoms with Crippen molar-refractivity contribution in [2.24, 2.45) is 0 Å². The largest absolute Gasteiger partial charge is 0.756 e. The highest BCUT2D eigenvalue weighted by molar-refractivity contribution is 7.45. The van der Waals surface area contributed by atoms with Crippen LogP contribution in [0.15, 0.2) is 109 Å². The van der Waals surface area contributed by atoms with Gasteiger partial charge in [0, 0.05) is 19.3 Å². The number of carbonyl (C=O) groups is 3. The number of phosphoric ester groups is 1. The van der Waals surface area contributed by atoms with Crippen molar-refractivity contribution >= 4 is 25.5 Å². The van der Waals surface area contributed by atoms with Crippen molar-refractivity contribution in [2.45, 2.75) is 129 Å². The van der Waals surface area contributed by atoms with Crippen molar-refractivity contribution in [3.8, 4) is 0 Å². The van der Waals surface area contributed by atoms with Crippen molar-refractivity contribution < 1.29 is 46.8 Å². The van der Waals surface area contributed by atoms with E-state index in [-0.39, 0.29) is 44.7 Å². The van der Waals surface area contributed by atoms with Crippen molar-refractivity contribution in [1.29, 1.82) is 0 Å². The highest BCUT2D eigenvalue weighted by Crippen LogP contribution is 2.38. The molecule has 0 aliphatic carbocycles. The summed E-state index contributed by atoms with van der Waals surface area (Å²) in [7, 11) is 0.968. The Bertz CT molecular complexity index is 1430. The summed E-state index contributed by atoms with van der Waals surface area (Å²) in [5.41, 5.74) is 0.